The molecule has 5 aromatic carbocycles. The molecular formula is C31H21Cl. The Morgan fingerprint density at radius 1 is 0.438 bits per heavy atom. The lowest BCUT2D eigenvalue weighted by Gasteiger charge is -2.34. The molecule has 0 atom stereocenters. The van der Waals surface area contributed by atoms with E-state index in [1.807, 2.05) is 18.2 Å². The van der Waals surface area contributed by atoms with Gasteiger partial charge in [-0.25, -0.2) is 0 Å². The SMILES string of the molecule is Clc1ccccc1-c1ccc2c(c1)C(c1ccccc1)(c1ccccc1)c1ccccc1-2. The van der Waals surface area contributed by atoms with Gasteiger partial charge in [0.25, 0.3) is 0 Å². The van der Waals surface area contributed by atoms with E-state index in [1.54, 1.807) is 0 Å². The highest BCUT2D eigenvalue weighted by atomic mass is 35.5. The van der Waals surface area contributed by atoms with E-state index in [-0.39, 0.29) is 5.41 Å². The minimum atomic E-state index is -0.383. The third-order valence-corrected chi connectivity index (χ3v) is 6.97. The van der Waals surface area contributed by atoms with Crippen LogP contribution in [-0.2, 0) is 5.41 Å². The van der Waals surface area contributed by atoms with Crippen molar-refractivity contribution >= 4 is 11.6 Å². The van der Waals surface area contributed by atoms with Crippen LogP contribution in [0.25, 0.3) is 22.3 Å². The lowest BCUT2D eigenvalue weighted by molar-refractivity contribution is 0.769. The summed E-state index contributed by atoms with van der Waals surface area (Å²) in [6.07, 6.45) is 0. The minimum Gasteiger partial charge on any atom is -0.0837 e. The lowest BCUT2D eigenvalue weighted by atomic mass is 9.67. The Labute approximate surface area is 193 Å². The van der Waals surface area contributed by atoms with Crippen molar-refractivity contribution in [3.05, 3.63) is 155 Å². The first-order chi connectivity index (χ1) is 15.8. The number of halogens is 1. The Bertz CT molecular complexity index is 1380. The molecule has 5 aromatic rings. The van der Waals surface area contributed by atoms with Crippen molar-refractivity contribution in [1.29, 1.82) is 0 Å². The van der Waals surface area contributed by atoms with Crippen molar-refractivity contribution < 1.29 is 0 Å². The van der Waals surface area contributed by atoms with E-state index >= 15 is 0 Å². The lowest BCUT2D eigenvalue weighted by Crippen LogP contribution is -2.28. The molecule has 0 aromatic heterocycles. The summed E-state index contributed by atoms with van der Waals surface area (Å²) in [6.45, 7) is 0. The average molecular weight is 429 g/mol. The summed E-state index contributed by atoms with van der Waals surface area (Å²) in [7, 11) is 0. The Balaban J connectivity index is 1.74. The second-order valence-electron chi connectivity index (χ2n) is 8.27. The van der Waals surface area contributed by atoms with E-state index in [0.717, 1.165) is 16.1 Å². The number of fused-ring (bicyclic) bond motifs is 3. The van der Waals surface area contributed by atoms with Gasteiger partial charge in [0.2, 0.25) is 0 Å². The van der Waals surface area contributed by atoms with Crippen molar-refractivity contribution in [2.75, 3.05) is 0 Å². The maximum atomic E-state index is 6.60. The van der Waals surface area contributed by atoms with E-state index in [1.165, 1.54) is 33.4 Å². The van der Waals surface area contributed by atoms with Gasteiger partial charge in [0, 0.05) is 10.6 Å². The maximum Gasteiger partial charge on any atom is 0.0713 e. The molecule has 1 heteroatoms. The van der Waals surface area contributed by atoms with E-state index in [0.29, 0.717) is 0 Å². The third kappa shape index (κ3) is 2.70. The van der Waals surface area contributed by atoms with Crippen molar-refractivity contribution in [2.24, 2.45) is 0 Å². The number of benzene rings is 5. The van der Waals surface area contributed by atoms with Crippen LogP contribution in [0.4, 0.5) is 0 Å². The van der Waals surface area contributed by atoms with E-state index < -0.39 is 0 Å². The molecule has 0 fully saturated rings. The zero-order valence-electron chi connectivity index (χ0n) is 17.5. The molecular weight excluding hydrogens is 408 g/mol. The zero-order chi connectivity index (χ0) is 21.5. The van der Waals surface area contributed by atoms with Gasteiger partial charge in [-0.15, -0.1) is 0 Å². The summed E-state index contributed by atoms with van der Waals surface area (Å²) < 4.78 is 0. The summed E-state index contributed by atoms with van der Waals surface area (Å²) in [6, 6.07) is 45.4. The van der Waals surface area contributed by atoms with Gasteiger partial charge < -0.3 is 0 Å². The molecule has 1 aliphatic rings. The van der Waals surface area contributed by atoms with Crippen molar-refractivity contribution in [3.63, 3.8) is 0 Å². The third-order valence-electron chi connectivity index (χ3n) is 6.64. The molecule has 0 N–H and O–H groups in total. The van der Waals surface area contributed by atoms with Crippen LogP contribution >= 0.6 is 11.6 Å². The van der Waals surface area contributed by atoms with Gasteiger partial charge in [-0.2, -0.15) is 0 Å². The molecule has 0 aliphatic heterocycles. The fourth-order valence-corrected chi connectivity index (χ4v) is 5.55. The first kappa shape index (κ1) is 19.1. The summed E-state index contributed by atoms with van der Waals surface area (Å²) >= 11 is 6.60. The number of hydrogen-bond acceptors (Lipinski definition) is 0. The molecule has 0 bridgehead atoms. The van der Waals surface area contributed by atoms with Gasteiger partial charge >= 0.3 is 0 Å². The number of rotatable bonds is 3. The predicted molar refractivity (Wildman–Crippen MR) is 134 cm³/mol. The molecule has 152 valence electrons. The maximum absolute atomic E-state index is 6.60. The van der Waals surface area contributed by atoms with Crippen LogP contribution in [0.2, 0.25) is 5.02 Å². The zero-order valence-corrected chi connectivity index (χ0v) is 18.3. The van der Waals surface area contributed by atoms with E-state index in [4.69, 9.17) is 11.6 Å². The normalized spacial score (nSPS) is 13.4. The van der Waals surface area contributed by atoms with Gasteiger partial charge in [-0.3, -0.25) is 0 Å². The molecule has 0 radical (unpaired) electrons. The molecule has 32 heavy (non-hydrogen) atoms. The van der Waals surface area contributed by atoms with Crippen molar-refractivity contribution in [3.8, 4) is 22.3 Å². The van der Waals surface area contributed by atoms with Crippen LogP contribution in [0, 0.1) is 0 Å². The van der Waals surface area contributed by atoms with Crippen molar-refractivity contribution in [2.45, 2.75) is 5.41 Å². The van der Waals surface area contributed by atoms with Gasteiger partial charge in [0.1, 0.15) is 0 Å². The number of hydrogen-bond donors (Lipinski definition) is 0. The summed E-state index contributed by atoms with van der Waals surface area (Å²) in [5.41, 5.74) is 9.55. The highest BCUT2D eigenvalue weighted by Gasteiger charge is 2.45. The Kier molecular flexibility index (Phi) is 4.48. The largest absolute Gasteiger partial charge is 0.0837 e. The Hall–Kier alpha value is -3.61. The smallest absolute Gasteiger partial charge is 0.0713 e. The summed E-state index contributed by atoms with van der Waals surface area (Å²) in [5, 5.41) is 0.771. The topological polar surface area (TPSA) is 0 Å². The quantitative estimate of drug-likeness (QED) is 0.265. The van der Waals surface area contributed by atoms with Gasteiger partial charge in [0.15, 0.2) is 0 Å². The first-order valence-corrected chi connectivity index (χ1v) is 11.3. The van der Waals surface area contributed by atoms with Gasteiger partial charge in [0.05, 0.1) is 5.41 Å². The van der Waals surface area contributed by atoms with Crippen LogP contribution in [0.3, 0.4) is 0 Å². The van der Waals surface area contributed by atoms with Crippen LogP contribution in [0.5, 0.6) is 0 Å². The first-order valence-electron chi connectivity index (χ1n) is 10.9. The van der Waals surface area contributed by atoms with E-state index in [9.17, 15) is 0 Å². The highest BCUT2D eigenvalue weighted by molar-refractivity contribution is 6.33. The molecule has 0 heterocycles. The molecule has 6 rings (SSSR count). The monoisotopic (exact) mass is 428 g/mol. The molecule has 0 nitrogen and oxygen atoms in total. The standard InChI is InChI=1S/C31H21Cl/c32-30-18-10-8-15-25(30)22-19-20-27-26-16-7-9-17-28(26)31(29(27)21-22,23-11-3-1-4-12-23)24-13-5-2-6-14-24/h1-21H. The fraction of sp³-hybridized carbons (Fsp3) is 0.0323. The second kappa shape index (κ2) is 7.51. The van der Waals surface area contributed by atoms with Gasteiger partial charge in [-0.1, -0.05) is 127 Å². The molecule has 0 unspecified atom stereocenters. The average Bonchev–Trinajstić information content (AvgIpc) is 3.16. The van der Waals surface area contributed by atoms with Crippen LogP contribution in [0.15, 0.2) is 127 Å². The second-order valence-corrected chi connectivity index (χ2v) is 8.68. The summed E-state index contributed by atoms with van der Waals surface area (Å²) in [4.78, 5) is 0. The van der Waals surface area contributed by atoms with Crippen LogP contribution in [0.1, 0.15) is 22.3 Å². The fourth-order valence-electron chi connectivity index (χ4n) is 5.31. The molecule has 0 saturated carbocycles. The van der Waals surface area contributed by atoms with Crippen LogP contribution in [-0.4, -0.2) is 0 Å². The molecule has 0 spiro atoms. The van der Waals surface area contributed by atoms with E-state index in [2.05, 4.69) is 109 Å². The molecule has 0 amide bonds. The Morgan fingerprint density at radius 3 is 1.62 bits per heavy atom. The minimum absolute atomic E-state index is 0.383. The highest BCUT2D eigenvalue weighted by Crippen LogP contribution is 2.56. The molecule has 1 aliphatic carbocycles. The molecule has 0 saturated heterocycles. The van der Waals surface area contributed by atoms with Gasteiger partial charge in [-0.05, 0) is 51.1 Å². The summed E-state index contributed by atoms with van der Waals surface area (Å²) in [5.74, 6) is 0. The Morgan fingerprint density at radius 2 is 0.969 bits per heavy atom. The predicted octanol–water partition coefficient (Wildman–Crippen LogP) is 8.37. The van der Waals surface area contributed by atoms with Crippen LogP contribution < -0.4 is 0 Å². The van der Waals surface area contributed by atoms with Crippen molar-refractivity contribution in [1.82, 2.24) is 0 Å².